The summed E-state index contributed by atoms with van der Waals surface area (Å²) in [5.74, 6) is 0.389. The third-order valence-electron chi connectivity index (χ3n) is 4.18. The minimum atomic E-state index is -0.500. The number of hydrogen-bond acceptors (Lipinski definition) is 8. The van der Waals surface area contributed by atoms with Crippen LogP contribution in [0.5, 0.6) is 5.75 Å². The van der Waals surface area contributed by atoms with Crippen LogP contribution in [0, 0.1) is 10.1 Å². The lowest BCUT2D eigenvalue weighted by atomic mass is 10.2. The number of carbonyl (C=O) groups excluding carboxylic acids is 1. The van der Waals surface area contributed by atoms with Gasteiger partial charge in [0.2, 0.25) is 0 Å². The van der Waals surface area contributed by atoms with Crippen LogP contribution in [0.15, 0.2) is 54.9 Å². The van der Waals surface area contributed by atoms with Crippen LogP contribution in [0.3, 0.4) is 0 Å². The van der Waals surface area contributed by atoms with Gasteiger partial charge in [0.15, 0.2) is 5.13 Å². The van der Waals surface area contributed by atoms with Gasteiger partial charge in [-0.05, 0) is 42.8 Å². The summed E-state index contributed by atoms with van der Waals surface area (Å²) in [4.78, 5) is 34.3. The Morgan fingerprint density at radius 2 is 2.10 bits per heavy atom. The molecule has 1 aromatic carbocycles. The van der Waals surface area contributed by atoms with Crippen LogP contribution in [0.1, 0.15) is 22.2 Å². The zero-order valence-electron chi connectivity index (χ0n) is 15.8. The first-order valence-electron chi connectivity index (χ1n) is 9.03. The summed E-state index contributed by atoms with van der Waals surface area (Å²) in [6.07, 6.45) is 3.34. The monoisotopic (exact) mass is 440 g/mol. The van der Waals surface area contributed by atoms with E-state index in [1.54, 1.807) is 18.5 Å². The molecule has 0 saturated carbocycles. The molecule has 0 atom stereocenters. The van der Waals surface area contributed by atoms with Gasteiger partial charge in [-0.3, -0.25) is 24.8 Å². The van der Waals surface area contributed by atoms with Gasteiger partial charge >= 0.3 is 5.00 Å². The molecule has 4 rings (SSSR count). The van der Waals surface area contributed by atoms with Gasteiger partial charge in [0.05, 0.1) is 33.2 Å². The van der Waals surface area contributed by atoms with Crippen molar-refractivity contribution in [3.05, 3.63) is 75.4 Å². The molecule has 3 aromatic heterocycles. The number of nitrogens with zero attached hydrogens (tertiary/aromatic N) is 4. The zero-order chi connectivity index (χ0) is 21.1. The molecule has 0 unspecified atom stereocenters. The summed E-state index contributed by atoms with van der Waals surface area (Å²) >= 11 is 2.21. The second-order valence-electron chi connectivity index (χ2n) is 6.21. The lowest BCUT2D eigenvalue weighted by molar-refractivity contribution is -0.380. The number of pyridine rings is 1. The van der Waals surface area contributed by atoms with Crippen LogP contribution in [0.25, 0.3) is 10.2 Å². The zero-order valence-corrected chi connectivity index (χ0v) is 17.5. The fraction of sp³-hybridized carbons (Fsp3) is 0.150. The Kier molecular flexibility index (Phi) is 5.68. The fourth-order valence-electron chi connectivity index (χ4n) is 2.84. The van der Waals surface area contributed by atoms with Crippen molar-refractivity contribution in [2.45, 2.75) is 13.5 Å². The number of anilines is 1. The minimum absolute atomic E-state index is 0.0784. The van der Waals surface area contributed by atoms with Gasteiger partial charge in [0.1, 0.15) is 5.75 Å². The highest BCUT2D eigenvalue weighted by Gasteiger charge is 2.25. The van der Waals surface area contributed by atoms with E-state index >= 15 is 0 Å². The topological polar surface area (TPSA) is 98.5 Å². The largest absolute Gasteiger partial charge is 0.494 e. The molecular formula is C20H16N4O4S2. The number of thiazole rings is 1. The number of aromatic nitrogens is 2. The molecule has 8 nitrogen and oxygen atoms in total. The van der Waals surface area contributed by atoms with E-state index in [1.165, 1.54) is 28.4 Å². The van der Waals surface area contributed by atoms with E-state index in [0.29, 0.717) is 11.7 Å². The molecule has 3 heterocycles. The number of hydrogen-bond donors (Lipinski definition) is 0. The van der Waals surface area contributed by atoms with Gasteiger partial charge in [0, 0.05) is 18.5 Å². The molecule has 0 bridgehead atoms. The van der Waals surface area contributed by atoms with Crippen LogP contribution in [0.4, 0.5) is 10.1 Å². The van der Waals surface area contributed by atoms with Gasteiger partial charge in [-0.15, -0.1) is 0 Å². The summed E-state index contributed by atoms with van der Waals surface area (Å²) in [5.41, 5.74) is 1.57. The first kappa shape index (κ1) is 19.9. The highest BCUT2D eigenvalue weighted by molar-refractivity contribution is 7.22. The highest BCUT2D eigenvalue weighted by atomic mass is 32.1. The van der Waals surface area contributed by atoms with E-state index in [9.17, 15) is 14.9 Å². The summed E-state index contributed by atoms with van der Waals surface area (Å²) in [7, 11) is 0. The highest BCUT2D eigenvalue weighted by Crippen LogP contribution is 2.34. The van der Waals surface area contributed by atoms with Crippen LogP contribution >= 0.6 is 22.7 Å². The van der Waals surface area contributed by atoms with Crippen molar-refractivity contribution in [2.24, 2.45) is 0 Å². The molecule has 152 valence electrons. The van der Waals surface area contributed by atoms with Crippen LogP contribution in [0.2, 0.25) is 0 Å². The number of amides is 1. The van der Waals surface area contributed by atoms with Gasteiger partial charge in [-0.1, -0.05) is 28.7 Å². The van der Waals surface area contributed by atoms with Crippen molar-refractivity contribution in [1.82, 2.24) is 9.97 Å². The normalized spacial score (nSPS) is 10.8. The number of ether oxygens (including phenoxy) is 1. The molecule has 4 aromatic rings. The molecule has 0 aliphatic carbocycles. The molecule has 0 saturated heterocycles. The fourth-order valence-corrected chi connectivity index (χ4v) is 4.60. The van der Waals surface area contributed by atoms with Crippen molar-refractivity contribution < 1.29 is 14.5 Å². The Morgan fingerprint density at radius 1 is 1.23 bits per heavy atom. The van der Waals surface area contributed by atoms with Crippen molar-refractivity contribution >= 4 is 48.9 Å². The second kappa shape index (κ2) is 8.56. The predicted octanol–water partition coefficient (Wildman–Crippen LogP) is 4.91. The number of nitro groups is 1. The van der Waals surface area contributed by atoms with E-state index in [4.69, 9.17) is 4.74 Å². The summed E-state index contributed by atoms with van der Waals surface area (Å²) < 4.78 is 6.44. The summed E-state index contributed by atoms with van der Waals surface area (Å²) in [5, 5.41) is 11.5. The first-order chi connectivity index (χ1) is 14.5. The van der Waals surface area contributed by atoms with Crippen molar-refractivity contribution in [3.63, 3.8) is 0 Å². The van der Waals surface area contributed by atoms with E-state index in [0.717, 1.165) is 32.9 Å². The Balaban J connectivity index is 1.73. The Morgan fingerprint density at radius 3 is 2.80 bits per heavy atom. The number of fused-ring (bicyclic) bond motifs is 1. The summed E-state index contributed by atoms with van der Waals surface area (Å²) in [6.45, 7) is 2.72. The molecule has 0 fully saturated rings. The molecular weight excluding hydrogens is 424 g/mol. The van der Waals surface area contributed by atoms with Crippen LogP contribution in [-0.4, -0.2) is 27.4 Å². The Hall–Kier alpha value is -3.37. The third-order valence-corrected chi connectivity index (χ3v) is 6.25. The van der Waals surface area contributed by atoms with Gasteiger partial charge < -0.3 is 4.74 Å². The number of rotatable bonds is 7. The quantitative estimate of drug-likeness (QED) is 0.299. The number of benzene rings is 1. The third kappa shape index (κ3) is 4.14. The van der Waals surface area contributed by atoms with E-state index < -0.39 is 4.92 Å². The maximum Gasteiger partial charge on any atom is 0.324 e. The number of thiophene rings is 1. The lowest BCUT2D eigenvalue weighted by Gasteiger charge is -2.19. The average molecular weight is 441 g/mol. The van der Waals surface area contributed by atoms with Crippen molar-refractivity contribution in [3.8, 4) is 5.75 Å². The van der Waals surface area contributed by atoms with Gasteiger partial charge in [-0.2, -0.15) is 0 Å². The van der Waals surface area contributed by atoms with E-state index in [2.05, 4.69) is 9.97 Å². The van der Waals surface area contributed by atoms with Crippen LogP contribution in [-0.2, 0) is 6.54 Å². The van der Waals surface area contributed by atoms with Gasteiger partial charge in [0.25, 0.3) is 5.91 Å². The molecule has 0 aliphatic rings. The maximum absolute atomic E-state index is 13.3. The smallest absolute Gasteiger partial charge is 0.324 e. The Labute approximate surface area is 179 Å². The van der Waals surface area contributed by atoms with E-state index in [1.807, 2.05) is 31.2 Å². The van der Waals surface area contributed by atoms with E-state index in [-0.39, 0.29) is 22.3 Å². The SMILES string of the molecule is CCOc1ccc2nc(N(Cc3cccnc3)C(=O)c3ccc([N+](=O)[O-])s3)sc2c1. The standard InChI is InChI=1S/C20H16N4O4S2/c1-2-28-14-5-6-15-17(10-14)30-20(22-15)23(12-13-4-3-9-21-11-13)19(25)16-7-8-18(29-16)24(26)27/h3-11H,2,12H2,1H3. The summed E-state index contributed by atoms with van der Waals surface area (Å²) in [6, 6.07) is 12.1. The minimum Gasteiger partial charge on any atom is -0.494 e. The Bertz CT molecular complexity index is 1210. The first-order valence-corrected chi connectivity index (χ1v) is 10.7. The average Bonchev–Trinajstić information content (AvgIpc) is 3.40. The predicted molar refractivity (Wildman–Crippen MR) is 117 cm³/mol. The van der Waals surface area contributed by atoms with Crippen molar-refractivity contribution in [2.75, 3.05) is 11.5 Å². The maximum atomic E-state index is 13.3. The molecule has 0 N–H and O–H groups in total. The van der Waals surface area contributed by atoms with Crippen molar-refractivity contribution in [1.29, 1.82) is 0 Å². The molecule has 30 heavy (non-hydrogen) atoms. The lowest BCUT2D eigenvalue weighted by Crippen LogP contribution is -2.29. The van der Waals surface area contributed by atoms with Crippen LogP contribution < -0.4 is 9.64 Å². The molecule has 0 spiro atoms. The second-order valence-corrected chi connectivity index (χ2v) is 8.28. The molecule has 10 heteroatoms. The number of carbonyl (C=O) groups is 1. The molecule has 0 radical (unpaired) electrons. The molecule has 1 amide bonds. The van der Waals surface area contributed by atoms with Gasteiger partial charge in [-0.25, -0.2) is 4.98 Å². The molecule has 0 aliphatic heterocycles.